The molecule has 43 heavy (non-hydrogen) atoms. The predicted molar refractivity (Wildman–Crippen MR) is 151 cm³/mol. The van der Waals surface area contributed by atoms with E-state index in [-0.39, 0.29) is 18.6 Å². The van der Waals surface area contributed by atoms with Crippen LogP contribution in [0, 0.1) is 0 Å². The summed E-state index contributed by atoms with van der Waals surface area (Å²) in [4.78, 5) is 76.7. The fraction of sp³-hybridized carbons (Fsp3) is 0.286. The number of carbonyl (C=O) groups excluding carboxylic acids is 4. The molecule has 228 valence electrons. The second-order valence-electron chi connectivity index (χ2n) is 9.83. The summed E-state index contributed by atoms with van der Waals surface area (Å²) in [5.74, 6) is -6.67. The Bertz CT molecular complexity index is 1500. The first-order valence-electron chi connectivity index (χ1n) is 13.1. The van der Waals surface area contributed by atoms with Crippen LogP contribution in [0.5, 0.6) is 5.75 Å². The minimum absolute atomic E-state index is 0.0602. The number of primary amides is 1. The number of H-pyrrole nitrogens is 1. The fourth-order valence-corrected chi connectivity index (χ4v) is 4.31. The third-order valence-corrected chi connectivity index (χ3v) is 6.49. The molecule has 0 bridgehead atoms. The molecular weight excluding hydrogens is 564 g/mol. The molecular formula is C28H32N6O9. The maximum Gasteiger partial charge on any atom is 0.326 e. The standard InChI is InChI=1S/C28H32N6O9/c29-18(11-23(30)36)25(39)32-21(10-15-13-31-19-4-2-1-3-17(15)19)27(41)33-20(9-14-5-7-16(35)8-6-14)26(40)34-22(28(42)43)12-24(37)38/h1-8,13,18,20-22,31,35H,9-12,29H2,(H2,30,36)(H,32,39)(H,33,41)(H,34,40)(H,37,38)(H,42,43). The number of fused-ring (bicyclic) bond motifs is 1. The van der Waals surface area contributed by atoms with Crippen LogP contribution in [0.3, 0.4) is 0 Å². The van der Waals surface area contributed by atoms with Crippen molar-refractivity contribution in [1.29, 1.82) is 0 Å². The Balaban J connectivity index is 1.91. The van der Waals surface area contributed by atoms with Gasteiger partial charge in [0.05, 0.1) is 18.9 Å². The van der Waals surface area contributed by atoms with Crippen molar-refractivity contribution in [3.63, 3.8) is 0 Å². The number of hydrogen-bond donors (Lipinski definition) is 9. The van der Waals surface area contributed by atoms with Crippen molar-refractivity contribution >= 4 is 46.5 Å². The Hall–Kier alpha value is -5.44. The fourth-order valence-electron chi connectivity index (χ4n) is 4.31. The first-order valence-corrected chi connectivity index (χ1v) is 13.1. The first-order chi connectivity index (χ1) is 20.3. The number of aliphatic carboxylic acids is 2. The third kappa shape index (κ3) is 9.29. The maximum absolute atomic E-state index is 13.6. The second kappa shape index (κ2) is 14.5. The summed E-state index contributed by atoms with van der Waals surface area (Å²) in [6.07, 6.45) is -0.0247. The Morgan fingerprint density at radius 3 is 1.95 bits per heavy atom. The lowest BCUT2D eigenvalue weighted by Gasteiger charge is -2.25. The molecule has 0 spiro atoms. The number of aromatic hydroxyl groups is 1. The van der Waals surface area contributed by atoms with Crippen LogP contribution in [0.1, 0.15) is 24.0 Å². The molecule has 0 aliphatic heterocycles. The van der Waals surface area contributed by atoms with E-state index < -0.39 is 72.6 Å². The minimum atomic E-state index is -1.79. The largest absolute Gasteiger partial charge is 0.508 e. The molecule has 15 nitrogen and oxygen atoms in total. The average molecular weight is 597 g/mol. The monoisotopic (exact) mass is 596 g/mol. The van der Waals surface area contributed by atoms with Gasteiger partial charge >= 0.3 is 11.9 Å². The Morgan fingerprint density at radius 1 is 0.767 bits per heavy atom. The zero-order valence-electron chi connectivity index (χ0n) is 22.8. The highest BCUT2D eigenvalue weighted by molar-refractivity contribution is 5.96. The van der Waals surface area contributed by atoms with E-state index in [4.69, 9.17) is 16.6 Å². The smallest absolute Gasteiger partial charge is 0.326 e. The van der Waals surface area contributed by atoms with Gasteiger partial charge in [-0.2, -0.15) is 0 Å². The van der Waals surface area contributed by atoms with E-state index in [0.717, 1.165) is 10.9 Å². The zero-order valence-corrected chi connectivity index (χ0v) is 22.8. The molecule has 4 atom stereocenters. The molecule has 0 saturated heterocycles. The molecule has 3 rings (SSSR count). The number of carboxylic acid groups (broad SMARTS) is 2. The van der Waals surface area contributed by atoms with Crippen molar-refractivity contribution in [3.8, 4) is 5.75 Å². The molecule has 4 amide bonds. The summed E-state index contributed by atoms with van der Waals surface area (Å²) in [5.41, 5.74) is 12.8. The lowest BCUT2D eigenvalue weighted by Crippen LogP contribution is -2.58. The number of aromatic amines is 1. The van der Waals surface area contributed by atoms with E-state index in [9.17, 15) is 39.0 Å². The number of nitrogens with two attached hydrogens (primary N) is 2. The molecule has 4 unspecified atom stereocenters. The number of amides is 4. The molecule has 11 N–H and O–H groups in total. The van der Waals surface area contributed by atoms with Gasteiger partial charge in [0, 0.05) is 29.9 Å². The number of phenolic OH excluding ortho intramolecular Hbond substituents is 1. The number of hydrogen-bond acceptors (Lipinski definition) is 8. The van der Waals surface area contributed by atoms with Gasteiger partial charge in [0.2, 0.25) is 23.6 Å². The van der Waals surface area contributed by atoms with Crippen molar-refractivity contribution in [1.82, 2.24) is 20.9 Å². The minimum Gasteiger partial charge on any atom is -0.508 e. The van der Waals surface area contributed by atoms with Crippen molar-refractivity contribution in [2.45, 2.75) is 49.9 Å². The van der Waals surface area contributed by atoms with E-state index >= 15 is 0 Å². The number of nitrogens with one attached hydrogen (secondary N) is 4. The van der Waals surface area contributed by atoms with E-state index in [1.807, 2.05) is 6.07 Å². The molecule has 15 heteroatoms. The van der Waals surface area contributed by atoms with Crippen LogP contribution in [-0.2, 0) is 41.6 Å². The van der Waals surface area contributed by atoms with Crippen LogP contribution in [0.15, 0.2) is 54.7 Å². The van der Waals surface area contributed by atoms with Crippen LogP contribution in [0.25, 0.3) is 10.9 Å². The Labute approximate surface area is 244 Å². The van der Waals surface area contributed by atoms with Crippen LogP contribution in [0.2, 0.25) is 0 Å². The molecule has 3 aromatic rings. The number of phenols is 1. The average Bonchev–Trinajstić information content (AvgIpc) is 3.35. The topological polar surface area (TPSA) is 267 Å². The van der Waals surface area contributed by atoms with Gasteiger partial charge in [0.1, 0.15) is 23.9 Å². The quantitative estimate of drug-likeness (QED) is 0.102. The van der Waals surface area contributed by atoms with Gasteiger partial charge < -0.3 is 47.7 Å². The third-order valence-electron chi connectivity index (χ3n) is 6.49. The van der Waals surface area contributed by atoms with E-state index in [2.05, 4.69) is 20.9 Å². The van der Waals surface area contributed by atoms with Gasteiger partial charge in [-0.1, -0.05) is 30.3 Å². The van der Waals surface area contributed by atoms with Crippen molar-refractivity contribution in [2.24, 2.45) is 11.5 Å². The van der Waals surface area contributed by atoms with Crippen LogP contribution < -0.4 is 27.4 Å². The van der Waals surface area contributed by atoms with Crippen LogP contribution >= 0.6 is 0 Å². The molecule has 0 fully saturated rings. The van der Waals surface area contributed by atoms with Gasteiger partial charge in [-0.3, -0.25) is 24.0 Å². The Kier molecular flexibility index (Phi) is 10.8. The van der Waals surface area contributed by atoms with Gasteiger partial charge in [0.15, 0.2) is 0 Å². The van der Waals surface area contributed by atoms with E-state index in [1.54, 1.807) is 24.4 Å². The molecule has 1 heterocycles. The summed E-state index contributed by atoms with van der Waals surface area (Å²) in [6, 6.07) is 6.91. The summed E-state index contributed by atoms with van der Waals surface area (Å²) < 4.78 is 0. The van der Waals surface area contributed by atoms with Crippen LogP contribution in [0.4, 0.5) is 0 Å². The number of para-hydroxylation sites is 1. The summed E-state index contributed by atoms with van der Waals surface area (Å²) in [7, 11) is 0. The van der Waals surface area contributed by atoms with Gasteiger partial charge in [0.25, 0.3) is 0 Å². The lowest BCUT2D eigenvalue weighted by atomic mass is 10.0. The van der Waals surface area contributed by atoms with Crippen molar-refractivity contribution < 1.29 is 44.1 Å². The highest BCUT2D eigenvalue weighted by Gasteiger charge is 2.32. The molecule has 2 aromatic carbocycles. The summed E-state index contributed by atoms with van der Waals surface area (Å²) in [5, 5.41) is 36.0. The van der Waals surface area contributed by atoms with Gasteiger partial charge in [-0.05, 0) is 29.3 Å². The molecule has 1 aromatic heterocycles. The summed E-state index contributed by atoms with van der Waals surface area (Å²) >= 11 is 0. The lowest BCUT2D eigenvalue weighted by molar-refractivity contribution is -0.147. The van der Waals surface area contributed by atoms with E-state index in [0.29, 0.717) is 11.1 Å². The summed E-state index contributed by atoms with van der Waals surface area (Å²) in [6.45, 7) is 0. The molecule has 0 radical (unpaired) electrons. The zero-order chi connectivity index (χ0) is 31.7. The van der Waals surface area contributed by atoms with Crippen LogP contribution in [-0.4, -0.2) is 80.0 Å². The number of aromatic nitrogens is 1. The SMILES string of the molecule is NC(=O)CC(N)C(=O)NC(Cc1c[nH]c2ccccc12)C(=O)NC(Cc1ccc(O)cc1)C(=O)NC(CC(=O)O)C(=O)O. The van der Waals surface area contributed by atoms with Gasteiger partial charge in [-0.25, -0.2) is 4.79 Å². The maximum atomic E-state index is 13.6. The van der Waals surface area contributed by atoms with Crippen molar-refractivity contribution in [2.75, 3.05) is 0 Å². The predicted octanol–water partition coefficient (Wildman–Crippen LogP) is -1.12. The number of carbonyl (C=O) groups is 6. The highest BCUT2D eigenvalue weighted by Crippen LogP contribution is 2.19. The van der Waals surface area contributed by atoms with Crippen molar-refractivity contribution in [3.05, 3.63) is 65.9 Å². The molecule has 0 aliphatic rings. The first kappa shape index (κ1) is 32.1. The number of rotatable bonds is 15. The molecule has 0 aliphatic carbocycles. The normalized spacial score (nSPS) is 13.7. The second-order valence-corrected chi connectivity index (χ2v) is 9.83. The number of benzene rings is 2. The Morgan fingerprint density at radius 2 is 1.35 bits per heavy atom. The van der Waals surface area contributed by atoms with Gasteiger partial charge in [-0.15, -0.1) is 0 Å². The van der Waals surface area contributed by atoms with E-state index in [1.165, 1.54) is 24.3 Å². The number of carboxylic acids is 2. The molecule has 0 saturated carbocycles. The highest BCUT2D eigenvalue weighted by atomic mass is 16.4.